The molecule has 0 bridgehead atoms. The zero-order chi connectivity index (χ0) is 21.4. The molecular weight excluding hydrogens is 427 g/mol. The second-order valence-corrected chi connectivity index (χ2v) is 6.27. The summed E-state index contributed by atoms with van der Waals surface area (Å²) in [6.45, 7) is -0.244. The monoisotopic (exact) mass is 440 g/mol. The molecular formula is C17H14Cl2N4O6. The minimum absolute atomic E-state index is 0.120. The van der Waals surface area contributed by atoms with Crippen LogP contribution in [0.15, 0.2) is 42.5 Å². The molecule has 2 aromatic rings. The molecule has 152 valence electrons. The number of nitrogens with one attached hydrogen (secondary N) is 3. The van der Waals surface area contributed by atoms with Crippen LogP contribution in [0, 0.1) is 15.5 Å². The van der Waals surface area contributed by atoms with E-state index < -0.39 is 23.0 Å². The molecule has 0 aliphatic carbocycles. The summed E-state index contributed by atoms with van der Waals surface area (Å²) in [5.74, 6) is -1.09. The Morgan fingerprint density at radius 2 is 1.69 bits per heavy atom. The highest BCUT2D eigenvalue weighted by molar-refractivity contribution is 6.36. The normalized spacial score (nSPS) is 10.0. The first-order valence-electron chi connectivity index (χ1n) is 7.91. The van der Waals surface area contributed by atoms with Crippen molar-refractivity contribution in [1.82, 2.24) is 10.6 Å². The fraction of sp³-hybridized carbons (Fsp3) is 0.118. The molecule has 0 radical (unpaired) electrons. The lowest BCUT2D eigenvalue weighted by atomic mass is 10.1. The van der Waals surface area contributed by atoms with Crippen molar-refractivity contribution in [2.45, 2.75) is 13.0 Å². The summed E-state index contributed by atoms with van der Waals surface area (Å²) in [5.41, 5.74) is 0.887. The molecule has 12 heteroatoms. The molecule has 0 aliphatic heterocycles. The minimum Gasteiger partial charge on any atom is -0.410 e. The van der Waals surface area contributed by atoms with E-state index in [9.17, 15) is 19.7 Å². The van der Waals surface area contributed by atoms with Crippen molar-refractivity contribution >= 4 is 41.2 Å². The largest absolute Gasteiger partial charge is 0.419 e. The quantitative estimate of drug-likeness (QED) is 0.272. The molecule has 2 aromatic carbocycles. The summed E-state index contributed by atoms with van der Waals surface area (Å²) < 4.78 is 4.94. The summed E-state index contributed by atoms with van der Waals surface area (Å²) in [6.07, 6.45) is -1.20. The van der Waals surface area contributed by atoms with Gasteiger partial charge in [0.2, 0.25) is 11.9 Å². The Morgan fingerprint density at radius 3 is 2.28 bits per heavy atom. The number of carbonyl (C=O) groups excluding carboxylic acids is 2. The van der Waals surface area contributed by atoms with Gasteiger partial charge >= 0.3 is 6.09 Å². The van der Waals surface area contributed by atoms with Crippen LogP contribution in [0.1, 0.15) is 11.1 Å². The predicted molar refractivity (Wildman–Crippen MR) is 103 cm³/mol. The fourth-order valence-electron chi connectivity index (χ4n) is 2.09. The van der Waals surface area contributed by atoms with Crippen LogP contribution in [-0.2, 0) is 22.7 Å². The van der Waals surface area contributed by atoms with Gasteiger partial charge in [-0.25, -0.2) is 4.79 Å². The van der Waals surface area contributed by atoms with E-state index in [0.717, 1.165) is 0 Å². The number of benzene rings is 2. The van der Waals surface area contributed by atoms with E-state index in [1.54, 1.807) is 18.2 Å². The average Bonchev–Trinajstić information content (AvgIpc) is 2.64. The van der Waals surface area contributed by atoms with Crippen molar-refractivity contribution in [2.75, 3.05) is 0 Å². The van der Waals surface area contributed by atoms with Gasteiger partial charge in [-0.05, 0) is 35.4 Å². The number of hydrogen-bond donors (Lipinski definition) is 3. The van der Waals surface area contributed by atoms with E-state index in [0.29, 0.717) is 21.2 Å². The molecule has 0 saturated heterocycles. The SMILES string of the molecule is N=C(NC(=O)Cc1c(Cl)cccc1Cl)NC(=O)Oc1ccc(CO[N+](=O)[O-])cc1. The van der Waals surface area contributed by atoms with Gasteiger partial charge in [0.25, 0.3) is 5.09 Å². The first-order valence-corrected chi connectivity index (χ1v) is 8.66. The molecule has 0 heterocycles. The molecule has 0 fully saturated rings. The lowest BCUT2D eigenvalue weighted by Crippen LogP contribution is -2.44. The summed E-state index contributed by atoms with van der Waals surface area (Å²) in [7, 11) is 0. The summed E-state index contributed by atoms with van der Waals surface area (Å²) in [5, 5.41) is 21.7. The topological polar surface area (TPSA) is 144 Å². The van der Waals surface area contributed by atoms with Crippen molar-refractivity contribution in [3.63, 3.8) is 0 Å². The highest BCUT2D eigenvalue weighted by Gasteiger charge is 2.14. The zero-order valence-corrected chi connectivity index (χ0v) is 16.1. The summed E-state index contributed by atoms with van der Waals surface area (Å²) >= 11 is 12.0. The number of rotatable bonds is 6. The van der Waals surface area contributed by atoms with Crippen LogP contribution in [0.4, 0.5) is 4.79 Å². The maximum atomic E-state index is 12.0. The van der Waals surface area contributed by atoms with Gasteiger partial charge in [0, 0.05) is 10.0 Å². The third kappa shape index (κ3) is 7.28. The van der Waals surface area contributed by atoms with Crippen LogP contribution < -0.4 is 15.4 Å². The van der Waals surface area contributed by atoms with Crippen molar-refractivity contribution < 1.29 is 24.3 Å². The standard InChI is InChI=1S/C17H14Cl2N4O6/c18-13-2-1-3-14(19)12(13)8-15(24)21-16(20)22-17(25)29-11-6-4-10(5-7-11)9-28-23(26)27/h1-7H,8-9H2,(H3,20,21,22,24,25). The lowest BCUT2D eigenvalue weighted by molar-refractivity contribution is -0.763. The van der Waals surface area contributed by atoms with E-state index >= 15 is 0 Å². The molecule has 2 rings (SSSR count). The molecule has 0 saturated carbocycles. The fourth-order valence-corrected chi connectivity index (χ4v) is 2.62. The van der Waals surface area contributed by atoms with Gasteiger partial charge in [-0.1, -0.05) is 41.4 Å². The molecule has 3 N–H and O–H groups in total. The number of halogens is 2. The van der Waals surface area contributed by atoms with Gasteiger partial charge in [-0.15, -0.1) is 10.1 Å². The molecule has 0 aromatic heterocycles. The smallest absolute Gasteiger partial charge is 0.410 e. The molecule has 0 unspecified atom stereocenters. The van der Waals surface area contributed by atoms with Gasteiger partial charge < -0.3 is 9.57 Å². The number of guanidine groups is 1. The average molecular weight is 441 g/mol. The van der Waals surface area contributed by atoms with Crippen molar-refractivity contribution in [3.05, 3.63) is 73.8 Å². The Kier molecular flexibility index (Phi) is 7.75. The Labute approximate surface area is 174 Å². The maximum Gasteiger partial charge on any atom is 0.419 e. The number of carbonyl (C=O) groups is 2. The van der Waals surface area contributed by atoms with Gasteiger partial charge in [-0.3, -0.25) is 20.8 Å². The third-order valence-corrected chi connectivity index (χ3v) is 4.07. The molecule has 2 amide bonds. The van der Waals surface area contributed by atoms with E-state index in [-0.39, 0.29) is 18.8 Å². The van der Waals surface area contributed by atoms with E-state index in [1.807, 2.05) is 5.32 Å². The van der Waals surface area contributed by atoms with Crippen LogP contribution in [0.25, 0.3) is 0 Å². The first-order chi connectivity index (χ1) is 13.7. The van der Waals surface area contributed by atoms with Crippen molar-refractivity contribution in [3.8, 4) is 5.75 Å². The second kappa shape index (κ2) is 10.2. The zero-order valence-electron chi connectivity index (χ0n) is 14.6. The van der Waals surface area contributed by atoms with E-state index in [2.05, 4.69) is 10.2 Å². The molecule has 0 spiro atoms. The maximum absolute atomic E-state index is 12.0. The van der Waals surface area contributed by atoms with Gasteiger partial charge in [-0.2, -0.15) is 0 Å². The van der Waals surface area contributed by atoms with Gasteiger partial charge in [0.15, 0.2) is 0 Å². The molecule has 0 aliphatic rings. The van der Waals surface area contributed by atoms with Crippen LogP contribution in [0.2, 0.25) is 10.0 Å². The Balaban J connectivity index is 1.82. The summed E-state index contributed by atoms with van der Waals surface area (Å²) in [4.78, 5) is 38.1. The van der Waals surface area contributed by atoms with Crippen LogP contribution >= 0.6 is 23.2 Å². The second-order valence-electron chi connectivity index (χ2n) is 5.46. The number of amides is 2. The summed E-state index contributed by atoms with van der Waals surface area (Å²) in [6, 6.07) is 10.5. The highest BCUT2D eigenvalue weighted by atomic mass is 35.5. The van der Waals surface area contributed by atoms with Crippen LogP contribution in [0.5, 0.6) is 5.75 Å². The lowest BCUT2D eigenvalue weighted by Gasteiger charge is -2.10. The third-order valence-electron chi connectivity index (χ3n) is 3.36. The first kappa shape index (κ1) is 21.9. The highest BCUT2D eigenvalue weighted by Crippen LogP contribution is 2.24. The Bertz CT molecular complexity index is 916. The molecule has 29 heavy (non-hydrogen) atoms. The molecule has 0 atom stereocenters. The molecule has 10 nitrogen and oxygen atoms in total. The van der Waals surface area contributed by atoms with Crippen molar-refractivity contribution in [1.29, 1.82) is 5.41 Å². The van der Waals surface area contributed by atoms with E-state index in [1.165, 1.54) is 24.3 Å². The number of ether oxygens (including phenoxy) is 1. The van der Waals surface area contributed by atoms with Gasteiger partial charge in [0.1, 0.15) is 12.4 Å². The Hall–Kier alpha value is -3.37. The van der Waals surface area contributed by atoms with Crippen molar-refractivity contribution in [2.24, 2.45) is 0 Å². The van der Waals surface area contributed by atoms with Crippen LogP contribution in [0.3, 0.4) is 0 Å². The number of nitrogens with zero attached hydrogens (tertiary/aromatic N) is 1. The van der Waals surface area contributed by atoms with Crippen LogP contribution in [-0.4, -0.2) is 23.0 Å². The predicted octanol–water partition coefficient (Wildman–Crippen LogP) is 3.08. The number of hydrogen-bond acceptors (Lipinski definition) is 7. The van der Waals surface area contributed by atoms with E-state index in [4.69, 9.17) is 33.3 Å². The van der Waals surface area contributed by atoms with Gasteiger partial charge in [0.05, 0.1) is 6.42 Å². The minimum atomic E-state index is -1.01. The Morgan fingerprint density at radius 1 is 1.07 bits per heavy atom.